The van der Waals surface area contributed by atoms with Crippen LogP contribution in [0.2, 0.25) is 0 Å². The fourth-order valence-corrected chi connectivity index (χ4v) is 3.99. The number of amides is 3. The molecule has 11 nitrogen and oxygen atoms in total. The number of nitrogens with one attached hydrogen (secondary N) is 5. The van der Waals surface area contributed by atoms with E-state index < -0.39 is 17.9 Å². The third-order valence-electron chi connectivity index (χ3n) is 6.01. The minimum absolute atomic E-state index is 0.0744. The number of hydrazine groups is 1. The minimum Gasteiger partial charge on any atom is -0.388 e. The zero-order valence-corrected chi connectivity index (χ0v) is 21.9. The van der Waals surface area contributed by atoms with Gasteiger partial charge in [-0.2, -0.15) is 0 Å². The van der Waals surface area contributed by atoms with Crippen LogP contribution in [-0.2, 0) is 11.2 Å². The Morgan fingerprint density at radius 1 is 0.872 bits per heavy atom. The van der Waals surface area contributed by atoms with Crippen LogP contribution in [0.5, 0.6) is 0 Å². The Labute approximate surface area is 227 Å². The Balaban J connectivity index is 1.79. The van der Waals surface area contributed by atoms with E-state index in [2.05, 4.69) is 31.8 Å². The normalized spacial score (nSPS) is 12.5. The Bertz CT molecular complexity index is 1300. The standard InChI is InChI=1S/C28H34N8O3/c1-18(20-11-7-4-8-12-20)32-26(38)21-14-22(16-23(15-21)31-2)27(39)33-24(13-19-9-5-3-6-10-19)17-25(37)34-28(35-29)36-30/h3-12,14-16,18,24,31H,13,17,29-30H2,1-2H3,(H,32,38)(H,33,39)(H2,34,35,36,37)/t18-,24+/m1/s1. The SMILES string of the molecule is CNc1cc(C(=O)N[C@H](CC(=O)N/C(=N/N)NN)Cc2ccccc2)cc(C(=O)N[C@H](C)c2ccccc2)c1. The summed E-state index contributed by atoms with van der Waals surface area (Å²) in [5.41, 5.74) is 5.26. The summed E-state index contributed by atoms with van der Waals surface area (Å²) < 4.78 is 0. The van der Waals surface area contributed by atoms with Crippen molar-refractivity contribution in [3.63, 3.8) is 0 Å². The van der Waals surface area contributed by atoms with Gasteiger partial charge < -0.3 is 21.8 Å². The molecule has 0 radical (unpaired) electrons. The molecule has 3 amide bonds. The van der Waals surface area contributed by atoms with E-state index in [-0.39, 0.29) is 29.9 Å². The third-order valence-corrected chi connectivity index (χ3v) is 6.01. The van der Waals surface area contributed by atoms with E-state index in [0.717, 1.165) is 11.1 Å². The van der Waals surface area contributed by atoms with Crippen molar-refractivity contribution in [2.75, 3.05) is 12.4 Å². The van der Waals surface area contributed by atoms with Gasteiger partial charge in [0.05, 0.1) is 6.04 Å². The molecule has 0 saturated heterocycles. The zero-order chi connectivity index (χ0) is 28.2. The molecular formula is C28H34N8O3. The number of anilines is 1. The van der Waals surface area contributed by atoms with E-state index in [9.17, 15) is 14.4 Å². The molecule has 0 spiro atoms. The Morgan fingerprint density at radius 3 is 2.03 bits per heavy atom. The van der Waals surface area contributed by atoms with Gasteiger partial charge in [0, 0.05) is 36.3 Å². The predicted octanol–water partition coefficient (Wildman–Crippen LogP) is 1.76. The number of rotatable bonds is 10. The number of nitrogens with zero attached hydrogens (tertiary/aromatic N) is 1. The number of carbonyl (C=O) groups excluding carboxylic acids is 3. The van der Waals surface area contributed by atoms with Crippen molar-refractivity contribution in [2.45, 2.75) is 31.8 Å². The second-order valence-electron chi connectivity index (χ2n) is 8.89. The molecule has 0 fully saturated rings. The summed E-state index contributed by atoms with van der Waals surface area (Å²) in [5, 5.41) is 14.7. The number of hydrogen-bond acceptors (Lipinski definition) is 7. The molecule has 0 aliphatic carbocycles. The Kier molecular flexibility index (Phi) is 10.4. The summed E-state index contributed by atoms with van der Waals surface area (Å²) in [5.74, 6) is 9.18. The molecule has 3 aromatic rings. The number of guanidine groups is 1. The van der Waals surface area contributed by atoms with Crippen molar-refractivity contribution in [2.24, 2.45) is 16.8 Å². The monoisotopic (exact) mass is 530 g/mol. The summed E-state index contributed by atoms with van der Waals surface area (Å²) in [6, 6.07) is 23.1. The molecule has 9 N–H and O–H groups in total. The van der Waals surface area contributed by atoms with Crippen molar-refractivity contribution >= 4 is 29.4 Å². The lowest BCUT2D eigenvalue weighted by Crippen LogP contribution is -2.47. The lowest BCUT2D eigenvalue weighted by atomic mass is 10.0. The highest BCUT2D eigenvalue weighted by molar-refractivity contribution is 6.02. The molecule has 3 aromatic carbocycles. The first-order valence-electron chi connectivity index (χ1n) is 12.4. The molecule has 11 heteroatoms. The number of hydrogen-bond donors (Lipinski definition) is 7. The van der Waals surface area contributed by atoms with E-state index >= 15 is 0 Å². The van der Waals surface area contributed by atoms with Crippen LogP contribution in [0.3, 0.4) is 0 Å². The molecule has 0 bridgehead atoms. The second-order valence-corrected chi connectivity index (χ2v) is 8.89. The van der Waals surface area contributed by atoms with Gasteiger partial charge in [-0.25, -0.2) is 5.84 Å². The fourth-order valence-electron chi connectivity index (χ4n) is 3.99. The summed E-state index contributed by atoms with van der Waals surface area (Å²) in [6.45, 7) is 1.89. The second kappa shape index (κ2) is 14.1. The smallest absolute Gasteiger partial charge is 0.251 e. The van der Waals surface area contributed by atoms with E-state index in [0.29, 0.717) is 17.7 Å². The minimum atomic E-state index is -0.578. The molecule has 0 saturated carbocycles. The van der Waals surface area contributed by atoms with Crippen molar-refractivity contribution in [3.8, 4) is 0 Å². The summed E-state index contributed by atoms with van der Waals surface area (Å²) >= 11 is 0. The van der Waals surface area contributed by atoms with Crippen molar-refractivity contribution in [1.82, 2.24) is 21.4 Å². The Hall–Kier alpha value is -4.90. The van der Waals surface area contributed by atoms with Crippen LogP contribution in [0, 0.1) is 0 Å². The largest absolute Gasteiger partial charge is 0.388 e. The van der Waals surface area contributed by atoms with Crippen LogP contribution >= 0.6 is 0 Å². The molecule has 2 atom stereocenters. The lowest BCUT2D eigenvalue weighted by molar-refractivity contribution is -0.120. The van der Waals surface area contributed by atoms with Crippen LogP contribution < -0.4 is 38.4 Å². The summed E-state index contributed by atoms with van der Waals surface area (Å²) in [7, 11) is 1.70. The maximum absolute atomic E-state index is 13.4. The molecule has 0 aliphatic rings. The maximum atomic E-state index is 13.4. The molecule has 39 heavy (non-hydrogen) atoms. The molecule has 3 rings (SSSR count). The van der Waals surface area contributed by atoms with E-state index in [4.69, 9.17) is 11.7 Å². The van der Waals surface area contributed by atoms with Crippen LogP contribution in [0.25, 0.3) is 0 Å². The lowest BCUT2D eigenvalue weighted by Gasteiger charge is -2.20. The first-order valence-corrected chi connectivity index (χ1v) is 12.4. The van der Waals surface area contributed by atoms with Gasteiger partial charge >= 0.3 is 0 Å². The van der Waals surface area contributed by atoms with Gasteiger partial charge in [-0.1, -0.05) is 60.7 Å². The van der Waals surface area contributed by atoms with Crippen molar-refractivity contribution in [3.05, 3.63) is 101 Å². The van der Waals surface area contributed by atoms with Gasteiger partial charge in [-0.3, -0.25) is 25.1 Å². The molecule has 0 aliphatic heterocycles. The average molecular weight is 531 g/mol. The zero-order valence-electron chi connectivity index (χ0n) is 21.9. The number of carbonyl (C=O) groups is 3. The number of benzene rings is 3. The van der Waals surface area contributed by atoms with Gasteiger partial charge in [0.15, 0.2) is 0 Å². The Morgan fingerprint density at radius 2 is 1.46 bits per heavy atom. The van der Waals surface area contributed by atoms with Gasteiger partial charge in [-0.05, 0) is 42.7 Å². The molecule has 0 heterocycles. The maximum Gasteiger partial charge on any atom is 0.251 e. The summed E-state index contributed by atoms with van der Waals surface area (Å²) in [4.78, 5) is 39.0. The average Bonchev–Trinajstić information content (AvgIpc) is 2.96. The molecule has 0 aromatic heterocycles. The van der Waals surface area contributed by atoms with Crippen LogP contribution in [0.15, 0.2) is 84.0 Å². The van der Waals surface area contributed by atoms with Crippen molar-refractivity contribution in [1.29, 1.82) is 0 Å². The summed E-state index contributed by atoms with van der Waals surface area (Å²) in [6.07, 6.45) is 0.313. The van der Waals surface area contributed by atoms with Gasteiger partial charge in [0.2, 0.25) is 11.9 Å². The highest BCUT2D eigenvalue weighted by atomic mass is 16.2. The van der Waals surface area contributed by atoms with Gasteiger partial charge in [-0.15, -0.1) is 5.10 Å². The first-order chi connectivity index (χ1) is 18.8. The highest BCUT2D eigenvalue weighted by Crippen LogP contribution is 2.18. The van der Waals surface area contributed by atoms with Crippen LogP contribution in [-0.4, -0.2) is 36.8 Å². The number of nitrogens with two attached hydrogens (primary N) is 2. The van der Waals surface area contributed by atoms with E-state index in [1.54, 1.807) is 19.2 Å². The van der Waals surface area contributed by atoms with Gasteiger partial charge in [0.25, 0.3) is 11.8 Å². The topological polar surface area (TPSA) is 176 Å². The highest BCUT2D eigenvalue weighted by Gasteiger charge is 2.21. The molecule has 204 valence electrons. The van der Waals surface area contributed by atoms with Crippen molar-refractivity contribution < 1.29 is 14.4 Å². The first kappa shape index (κ1) is 28.7. The molecule has 0 unspecified atom stereocenters. The van der Waals surface area contributed by atoms with Crippen LogP contribution in [0.4, 0.5) is 5.69 Å². The van der Waals surface area contributed by atoms with E-state index in [1.807, 2.05) is 67.6 Å². The number of hydrazone groups is 1. The fraction of sp³-hybridized carbons (Fsp3) is 0.214. The van der Waals surface area contributed by atoms with E-state index in [1.165, 1.54) is 6.07 Å². The predicted molar refractivity (Wildman–Crippen MR) is 151 cm³/mol. The quantitative estimate of drug-likeness (QED) is 0.0904. The van der Waals surface area contributed by atoms with Crippen LogP contribution in [0.1, 0.15) is 51.2 Å². The third kappa shape index (κ3) is 8.58. The van der Waals surface area contributed by atoms with Gasteiger partial charge in [0.1, 0.15) is 0 Å². The molecular weight excluding hydrogens is 496 g/mol.